The fourth-order valence-electron chi connectivity index (χ4n) is 3.35. The van der Waals surface area contributed by atoms with Gasteiger partial charge in [0.05, 0.1) is 6.54 Å². The van der Waals surface area contributed by atoms with Gasteiger partial charge in [-0.2, -0.15) is 0 Å². The molecule has 1 aliphatic carbocycles. The largest absolute Gasteiger partial charge is 0.352 e. The van der Waals surface area contributed by atoms with Crippen LogP contribution >= 0.6 is 0 Å². The first-order valence-corrected chi connectivity index (χ1v) is 8.32. The molecule has 1 saturated heterocycles. The number of rotatable bonds is 4. The van der Waals surface area contributed by atoms with Crippen LogP contribution in [0.25, 0.3) is 0 Å². The predicted octanol–water partition coefficient (Wildman–Crippen LogP) is 1.90. The molecule has 116 valence electrons. The van der Waals surface area contributed by atoms with Crippen LogP contribution in [0, 0.1) is 0 Å². The second-order valence-corrected chi connectivity index (χ2v) is 6.84. The molecule has 1 saturated carbocycles. The van der Waals surface area contributed by atoms with Crippen molar-refractivity contribution in [2.45, 2.75) is 69.9 Å². The molecule has 20 heavy (non-hydrogen) atoms. The van der Waals surface area contributed by atoms with E-state index in [1.165, 1.54) is 38.5 Å². The first-order valence-electron chi connectivity index (χ1n) is 8.32. The molecule has 4 heteroatoms. The molecule has 1 aliphatic heterocycles. The number of nitrogens with one attached hydrogen (secondary N) is 2. The molecule has 0 aromatic rings. The summed E-state index contributed by atoms with van der Waals surface area (Å²) >= 11 is 0. The molecule has 0 aromatic heterocycles. The molecule has 2 N–H and O–H groups in total. The molecule has 0 radical (unpaired) electrons. The fourth-order valence-corrected chi connectivity index (χ4v) is 3.35. The third-order valence-electron chi connectivity index (χ3n) is 5.15. The lowest BCUT2D eigenvalue weighted by atomic mass is 9.90. The first kappa shape index (κ1) is 15.8. The number of carbonyl (C=O) groups is 1. The molecule has 0 spiro atoms. The Morgan fingerprint density at radius 1 is 1.15 bits per heavy atom. The molecule has 1 heterocycles. The number of amides is 1. The molecule has 4 nitrogen and oxygen atoms in total. The van der Waals surface area contributed by atoms with Crippen molar-refractivity contribution in [3.63, 3.8) is 0 Å². The van der Waals surface area contributed by atoms with E-state index in [0.717, 1.165) is 25.9 Å². The highest BCUT2D eigenvalue weighted by Gasteiger charge is 2.29. The number of carbonyl (C=O) groups excluding carboxylic acids is 1. The standard InChI is InChI=1S/C16H31N3O/c1-16(17-2)9-11-19(12-10-16)13-15(20)18-14-7-5-3-4-6-8-14/h14,17H,3-13H2,1-2H3,(H,18,20). The van der Waals surface area contributed by atoms with Crippen molar-refractivity contribution in [2.75, 3.05) is 26.7 Å². The number of likely N-dealkylation sites (tertiary alicyclic amines) is 1. The SMILES string of the molecule is CNC1(C)CCN(CC(=O)NC2CCCCCC2)CC1. The number of hydrogen-bond donors (Lipinski definition) is 2. The van der Waals surface area contributed by atoms with Crippen molar-refractivity contribution in [2.24, 2.45) is 0 Å². The van der Waals surface area contributed by atoms with Crippen molar-refractivity contribution in [3.8, 4) is 0 Å². The van der Waals surface area contributed by atoms with Gasteiger partial charge < -0.3 is 10.6 Å². The maximum Gasteiger partial charge on any atom is 0.234 e. The monoisotopic (exact) mass is 281 g/mol. The Bertz CT molecular complexity index is 303. The molecule has 2 fully saturated rings. The highest BCUT2D eigenvalue weighted by atomic mass is 16.2. The first-order chi connectivity index (χ1) is 9.61. The van der Waals surface area contributed by atoms with E-state index in [4.69, 9.17) is 0 Å². The average Bonchev–Trinajstić information content (AvgIpc) is 2.70. The lowest BCUT2D eigenvalue weighted by Gasteiger charge is -2.39. The summed E-state index contributed by atoms with van der Waals surface area (Å²) in [5.74, 6) is 0.227. The third kappa shape index (κ3) is 4.74. The Labute approximate surface area is 123 Å². The number of piperidine rings is 1. The normalized spacial score (nSPS) is 25.1. The molecule has 0 aromatic carbocycles. The van der Waals surface area contributed by atoms with Crippen molar-refractivity contribution in [1.82, 2.24) is 15.5 Å². The Morgan fingerprint density at radius 2 is 1.75 bits per heavy atom. The van der Waals surface area contributed by atoms with Gasteiger partial charge >= 0.3 is 0 Å². The molecular weight excluding hydrogens is 250 g/mol. The smallest absolute Gasteiger partial charge is 0.234 e. The Kier molecular flexibility index (Phi) is 5.85. The van der Waals surface area contributed by atoms with E-state index in [0.29, 0.717) is 12.6 Å². The van der Waals surface area contributed by atoms with E-state index in [-0.39, 0.29) is 11.4 Å². The van der Waals surface area contributed by atoms with Gasteiger partial charge in [-0.1, -0.05) is 25.7 Å². The topological polar surface area (TPSA) is 44.4 Å². The lowest BCUT2D eigenvalue weighted by molar-refractivity contribution is -0.123. The van der Waals surface area contributed by atoms with Crippen LogP contribution in [0.2, 0.25) is 0 Å². The number of hydrogen-bond acceptors (Lipinski definition) is 3. The van der Waals surface area contributed by atoms with Crippen LogP contribution in [0.3, 0.4) is 0 Å². The van der Waals surface area contributed by atoms with Crippen LogP contribution in [-0.4, -0.2) is 49.1 Å². The van der Waals surface area contributed by atoms with Crippen LogP contribution in [0.4, 0.5) is 0 Å². The van der Waals surface area contributed by atoms with Gasteiger partial charge in [0.2, 0.25) is 5.91 Å². The van der Waals surface area contributed by atoms with Gasteiger partial charge in [-0.25, -0.2) is 0 Å². The number of nitrogens with zero attached hydrogens (tertiary/aromatic N) is 1. The van der Waals surface area contributed by atoms with Crippen molar-refractivity contribution < 1.29 is 4.79 Å². The second-order valence-electron chi connectivity index (χ2n) is 6.84. The van der Waals surface area contributed by atoms with Crippen LogP contribution < -0.4 is 10.6 Å². The highest BCUT2D eigenvalue weighted by molar-refractivity contribution is 5.78. The average molecular weight is 281 g/mol. The molecule has 1 amide bonds. The molecule has 2 aliphatic rings. The minimum absolute atomic E-state index is 0.227. The van der Waals surface area contributed by atoms with Crippen LogP contribution in [0.15, 0.2) is 0 Å². The molecule has 0 bridgehead atoms. The zero-order valence-electron chi connectivity index (χ0n) is 13.2. The highest BCUT2D eigenvalue weighted by Crippen LogP contribution is 2.21. The maximum atomic E-state index is 12.2. The minimum Gasteiger partial charge on any atom is -0.352 e. The summed E-state index contributed by atoms with van der Waals surface area (Å²) in [4.78, 5) is 14.5. The van der Waals surface area contributed by atoms with Gasteiger partial charge in [-0.05, 0) is 39.7 Å². The van der Waals surface area contributed by atoms with E-state index < -0.39 is 0 Å². The molecule has 0 atom stereocenters. The summed E-state index contributed by atoms with van der Waals surface area (Å²) in [5.41, 5.74) is 0.258. The molecule has 0 unspecified atom stereocenters. The van der Waals surface area contributed by atoms with Crippen molar-refractivity contribution >= 4 is 5.91 Å². The summed E-state index contributed by atoms with van der Waals surface area (Å²) in [6, 6.07) is 0.428. The summed E-state index contributed by atoms with van der Waals surface area (Å²) in [5, 5.41) is 6.64. The fraction of sp³-hybridized carbons (Fsp3) is 0.938. The van der Waals surface area contributed by atoms with Gasteiger partial charge in [-0.15, -0.1) is 0 Å². The summed E-state index contributed by atoms with van der Waals surface area (Å²) < 4.78 is 0. The minimum atomic E-state index is 0.227. The summed E-state index contributed by atoms with van der Waals surface area (Å²) in [7, 11) is 2.04. The maximum absolute atomic E-state index is 12.2. The zero-order chi connectivity index (χ0) is 14.4. The van der Waals surface area contributed by atoms with Gasteiger partial charge in [0.25, 0.3) is 0 Å². The quantitative estimate of drug-likeness (QED) is 0.774. The Hall–Kier alpha value is -0.610. The van der Waals surface area contributed by atoms with Crippen LogP contribution in [-0.2, 0) is 4.79 Å². The second kappa shape index (κ2) is 7.41. The molecule has 2 rings (SSSR count). The van der Waals surface area contributed by atoms with E-state index in [1.807, 2.05) is 7.05 Å². The van der Waals surface area contributed by atoms with Crippen LogP contribution in [0.1, 0.15) is 58.3 Å². The van der Waals surface area contributed by atoms with E-state index >= 15 is 0 Å². The van der Waals surface area contributed by atoms with Gasteiger partial charge in [-0.3, -0.25) is 9.69 Å². The Morgan fingerprint density at radius 3 is 2.30 bits per heavy atom. The van der Waals surface area contributed by atoms with Gasteiger partial charge in [0.1, 0.15) is 0 Å². The Balaban J connectivity index is 1.69. The van der Waals surface area contributed by atoms with Gasteiger partial charge in [0.15, 0.2) is 0 Å². The van der Waals surface area contributed by atoms with Gasteiger partial charge in [0, 0.05) is 24.7 Å². The van der Waals surface area contributed by atoms with E-state index in [1.54, 1.807) is 0 Å². The molecular formula is C16H31N3O. The lowest BCUT2D eigenvalue weighted by Crippen LogP contribution is -2.52. The summed E-state index contributed by atoms with van der Waals surface area (Å²) in [6.45, 7) is 4.90. The van der Waals surface area contributed by atoms with Crippen molar-refractivity contribution in [1.29, 1.82) is 0 Å². The van der Waals surface area contributed by atoms with E-state index in [9.17, 15) is 4.79 Å². The van der Waals surface area contributed by atoms with E-state index in [2.05, 4.69) is 22.5 Å². The third-order valence-corrected chi connectivity index (χ3v) is 5.15. The van der Waals surface area contributed by atoms with Crippen molar-refractivity contribution in [3.05, 3.63) is 0 Å². The summed E-state index contributed by atoms with van der Waals surface area (Å²) in [6.07, 6.45) is 9.81. The zero-order valence-corrected chi connectivity index (χ0v) is 13.2. The predicted molar refractivity (Wildman–Crippen MR) is 82.8 cm³/mol. The van der Waals surface area contributed by atoms with Crippen LogP contribution in [0.5, 0.6) is 0 Å².